The van der Waals surface area contributed by atoms with Gasteiger partial charge in [-0.1, -0.05) is 0 Å². The summed E-state index contributed by atoms with van der Waals surface area (Å²) in [5.74, 6) is 1.88. The molecular weight excluding hydrogens is 124 g/mol. The van der Waals surface area contributed by atoms with Crippen LogP contribution in [0, 0.1) is 11.8 Å². The summed E-state index contributed by atoms with van der Waals surface area (Å²) in [6.45, 7) is 6.17. The highest BCUT2D eigenvalue weighted by molar-refractivity contribution is 4.94. The molecule has 0 aromatic heterocycles. The molecule has 1 N–H and O–H groups in total. The third kappa shape index (κ3) is 0.867. The summed E-state index contributed by atoms with van der Waals surface area (Å²) in [7, 11) is 2.23. The monoisotopic (exact) mass is 140 g/mol. The van der Waals surface area contributed by atoms with E-state index < -0.39 is 0 Å². The van der Waals surface area contributed by atoms with Crippen molar-refractivity contribution in [3.63, 3.8) is 0 Å². The number of likely N-dealkylation sites (tertiary alicyclic amines) is 1. The van der Waals surface area contributed by atoms with E-state index >= 15 is 0 Å². The van der Waals surface area contributed by atoms with Crippen LogP contribution in [0.3, 0.4) is 0 Å². The first-order valence-corrected chi connectivity index (χ1v) is 4.19. The first-order valence-electron chi connectivity index (χ1n) is 4.19. The lowest BCUT2D eigenvalue weighted by molar-refractivity contribution is 0.364. The van der Waals surface area contributed by atoms with Crippen LogP contribution in [0.5, 0.6) is 0 Å². The molecule has 58 valence electrons. The fourth-order valence-corrected chi connectivity index (χ4v) is 2.39. The number of hydrogen-bond donors (Lipinski definition) is 1. The van der Waals surface area contributed by atoms with Gasteiger partial charge in [-0.05, 0) is 32.4 Å². The van der Waals surface area contributed by atoms with Crippen LogP contribution in [-0.2, 0) is 0 Å². The Morgan fingerprint density at radius 1 is 1.40 bits per heavy atom. The molecule has 2 rings (SSSR count). The minimum atomic E-state index is 0.759. The van der Waals surface area contributed by atoms with Gasteiger partial charge in [0.25, 0.3) is 0 Å². The molecule has 3 unspecified atom stereocenters. The summed E-state index contributed by atoms with van der Waals surface area (Å²) in [5, 5.41) is 3.52. The predicted octanol–water partition coefficient (Wildman–Crippen LogP) is 0.156. The molecule has 0 aliphatic carbocycles. The highest BCUT2D eigenvalue weighted by Gasteiger charge is 2.38. The second kappa shape index (κ2) is 2.21. The molecule has 2 aliphatic heterocycles. The summed E-state index contributed by atoms with van der Waals surface area (Å²) in [6, 6.07) is 0.759. The summed E-state index contributed by atoms with van der Waals surface area (Å²) in [5.41, 5.74) is 0. The Labute approximate surface area is 62.6 Å². The number of hydrogen-bond acceptors (Lipinski definition) is 2. The maximum absolute atomic E-state index is 3.52. The molecule has 0 radical (unpaired) electrons. The van der Waals surface area contributed by atoms with E-state index in [2.05, 4.69) is 24.2 Å². The van der Waals surface area contributed by atoms with E-state index in [1.807, 2.05) is 0 Å². The van der Waals surface area contributed by atoms with Gasteiger partial charge in [-0.3, -0.25) is 0 Å². The second-order valence-electron chi connectivity index (χ2n) is 3.84. The highest BCUT2D eigenvalue weighted by atomic mass is 15.2. The van der Waals surface area contributed by atoms with Gasteiger partial charge in [0.1, 0.15) is 0 Å². The molecule has 0 aromatic carbocycles. The van der Waals surface area contributed by atoms with E-state index in [1.165, 1.54) is 19.6 Å². The second-order valence-corrected chi connectivity index (χ2v) is 3.84. The highest BCUT2D eigenvalue weighted by Crippen LogP contribution is 2.29. The van der Waals surface area contributed by atoms with Gasteiger partial charge in [0, 0.05) is 19.1 Å². The molecule has 0 aromatic rings. The fourth-order valence-electron chi connectivity index (χ4n) is 2.39. The first-order chi connectivity index (χ1) is 4.77. The molecule has 0 saturated carbocycles. The molecule has 2 nitrogen and oxygen atoms in total. The quantitative estimate of drug-likeness (QED) is 0.515. The summed E-state index contributed by atoms with van der Waals surface area (Å²) >= 11 is 0. The average Bonchev–Trinajstić information content (AvgIpc) is 2.35. The van der Waals surface area contributed by atoms with Crippen LogP contribution in [0.4, 0.5) is 0 Å². The molecule has 0 spiro atoms. The Kier molecular flexibility index (Phi) is 1.46. The van der Waals surface area contributed by atoms with Crippen LogP contribution in [0.1, 0.15) is 6.92 Å². The van der Waals surface area contributed by atoms with Gasteiger partial charge in [0.15, 0.2) is 0 Å². The molecule has 2 saturated heterocycles. The number of fused-ring (bicyclic) bond motifs is 1. The lowest BCUT2D eigenvalue weighted by atomic mass is 9.95. The van der Waals surface area contributed by atoms with E-state index in [0.29, 0.717) is 0 Å². The maximum atomic E-state index is 3.52. The zero-order chi connectivity index (χ0) is 7.14. The Bertz CT molecular complexity index is 135. The van der Waals surface area contributed by atoms with Crippen molar-refractivity contribution < 1.29 is 0 Å². The summed E-state index contributed by atoms with van der Waals surface area (Å²) < 4.78 is 0. The average molecular weight is 140 g/mol. The zero-order valence-corrected chi connectivity index (χ0v) is 6.80. The third-order valence-corrected chi connectivity index (χ3v) is 3.02. The van der Waals surface area contributed by atoms with Crippen molar-refractivity contribution in [3.8, 4) is 0 Å². The van der Waals surface area contributed by atoms with E-state index in [-0.39, 0.29) is 0 Å². The van der Waals surface area contributed by atoms with Gasteiger partial charge in [0.2, 0.25) is 0 Å². The Balaban J connectivity index is 2.05. The molecular formula is C8H16N2. The Hall–Kier alpha value is -0.0800. The SMILES string of the molecule is CC1NCC2CN(C)CC21. The minimum absolute atomic E-state index is 0.759. The van der Waals surface area contributed by atoms with Crippen LogP contribution in [0.2, 0.25) is 0 Å². The van der Waals surface area contributed by atoms with Gasteiger partial charge in [-0.15, -0.1) is 0 Å². The molecule has 0 amide bonds. The normalized spacial score (nSPS) is 48.0. The predicted molar refractivity (Wildman–Crippen MR) is 41.9 cm³/mol. The topological polar surface area (TPSA) is 15.3 Å². The molecule has 0 bridgehead atoms. The van der Waals surface area contributed by atoms with Gasteiger partial charge < -0.3 is 10.2 Å². The molecule has 10 heavy (non-hydrogen) atoms. The third-order valence-electron chi connectivity index (χ3n) is 3.02. The van der Waals surface area contributed by atoms with Crippen molar-refractivity contribution in [2.24, 2.45) is 11.8 Å². The van der Waals surface area contributed by atoms with Crippen molar-refractivity contribution in [1.82, 2.24) is 10.2 Å². The maximum Gasteiger partial charge on any atom is 0.00829 e. The van der Waals surface area contributed by atoms with Gasteiger partial charge >= 0.3 is 0 Å². The number of nitrogens with one attached hydrogen (secondary N) is 1. The van der Waals surface area contributed by atoms with Crippen molar-refractivity contribution in [1.29, 1.82) is 0 Å². The van der Waals surface area contributed by atoms with E-state index in [0.717, 1.165) is 17.9 Å². The Morgan fingerprint density at radius 3 is 2.90 bits per heavy atom. The fraction of sp³-hybridized carbons (Fsp3) is 1.00. The van der Waals surface area contributed by atoms with Gasteiger partial charge in [-0.2, -0.15) is 0 Å². The molecule has 2 aliphatic rings. The molecule has 2 fully saturated rings. The smallest absolute Gasteiger partial charge is 0.00829 e. The standard InChI is InChI=1S/C8H16N2/c1-6-8-5-10(2)4-7(8)3-9-6/h6-9H,3-5H2,1-2H3. The van der Waals surface area contributed by atoms with Gasteiger partial charge in [-0.25, -0.2) is 0 Å². The summed E-state index contributed by atoms with van der Waals surface area (Å²) in [6.07, 6.45) is 0. The van der Waals surface area contributed by atoms with Crippen LogP contribution < -0.4 is 5.32 Å². The van der Waals surface area contributed by atoms with Crippen molar-refractivity contribution in [3.05, 3.63) is 0 Å². The molecule has 3 atom stereocenters. The summed E-state index contributed by atoms with van der Waals surface area (Å²) in [4.78, 5) is 2.45. The molecule has 2 heterocycles. The van der Waals surface area contributed by atoms with Crippen molar-refractivity contribution >= 4 is 0 Å². The number of rotatable bonds is 0. The van der Waals surface area contributed by atoms with Gasteiger partial charge in [0.05, 0.1) is 0 Å². The molecule has 2 heteroatoms. The van der Waals surface area contributed by atoms with E-state index in [4.69, 9.17) is 0 Å². The van der Waals surface area contributed by atoms with E-state index in [1.54, 1.807) is 0 Å². The van der Waals surface area contributed by atoms with Crippen LogP contribution >= 0.6 is 0 Å². The lowest BCUT2D eigenvalue weighted by Gasteiger charge is -2.13. The largest absolute Gasteiger partial charge is 0.314 e. The van der Waals surface area contributed by atoms with Crippen molar-refractivity contribution in [2.75, 3.05) is 26.7 Å². The van der Waals surface area contributed by atoms with Crippen molar-refractivity contribution in [2.45, 2.75) is 13.0 Å². The van der Waals surface area contributed by atoms with Crippen LogP contribution in [0.25, 0.3) is 0 Å². The zero-order valence-electron chi connectivity index (χ0n) is 6.80. The number of nitrogens with zero attached hydrogens (tertiary/aromatic N) is 1. The minimum Gasteiger partial charge on any atom is -0.314 e. The lowest BCUT2D eigenvalue weighted by Crippen LogP contribution is -2.28. The van der Waals surface area contributed by atoms with E-state index in [9.17, 15) is 0 Å². The van der Waals surface area contributed by atoms with Crippen LogP contribution in [-0.4, -0.2) is 37.6 Å². The first kappa shape index (κ1) is 6.62. The Morgan fingerprint density at radius 2 is 2.20 bits per heavy atom. The van der Waals surface area contributed by atoms with Crippen LogP contribution in [0.15, 0.2) is 0 Å².